The number of halogens is 4. The number of rotatable bonds is 3. The molecular formula is C14H8Cl2F2N2O. The fourth-order valence-corrected chi connectivity index (χ4v) is 2.01. The Kier molecular flexibility index (Phi) is 4.88. The third-order valence-electron chi connectivity index (χ3n) is 2.53. The number of hydrogen-bond donors (Lipinski definition) is 1. The summed E-state index contributed by atoms with van der Waals surface area (Å²) in [5.74, 6) is -2.63. The third-order valence-corrected chi connectivity index (χ3v) is 3.07. The van der Waals surface area contributed by atoms with Crippen LogP contribution in [0.5, 0.6) is 0 Å². The molecule has 2 rings (SSSR count). The lowest BCUT2D eigenvalue weighted by Gasteiger charge is -2.03. The van der Waals surface area contributed by atoms with E-state index in [0.29, 0.717) is 5.02 Å². The van der Waals surface area contributed by atoms with E-state index >= 15 is 0 Å². The van der Waals surface area contributed by atoms with E-state index in [1.165, 1.54) is 30.3 Å². The van der Waals surface area contributed by atoms with Crippen LogP contribution in [0.15, 0.2) is 41.5 Å². The van der Waals surface area contributed by atoms with E-state index in [-0.39, 0.29) is 16.1 Å². The van der Waals surface area contributed by atoms with Crippen LogP contribution in [-0.4, -0.2) is 12.1 Å². The van der Waals surface area contributed by atoms with Crippen molar-refractivity contribution in [1.29, 1.82) is 0 Å². The maximum Gasteiger partial charge on any atom is 0.272 e. The Balaban J connectivity index is 2.10. The molecule has 0 fully saturated rings. The molecule has 0 saturated carbocycles. The Bertz CT molecular complexity index is 720. The zero-order chi connectivity index (χ0) is 15.4. The number of nitrogens with one attached hydrogen (secondary N) is 1. The van der Waals surface area contributed by atoms with Gasteiger partial charge in [-0.25, -0.2) is 14.2 Å². The number of amides is 1. The summed E-state index contributed by atoms with van der Waals surface area (Å²) >= 11 is 11.6. The number of benzene rings is 2. The van der Waals surface area contributed by atoms with Gasteiger partial charge in [0.2, 0.25) is 0 Å². The molecule has 7 heteroatoms. The molecule has 0 atom stereocenters. The van der Waals surface area contributed by atoms with Crippen LogP contribution in [0.4, 0.5) is 8.78 Å². The highest BCUT2D eigenvalue weighted by Crippen LogP contribution is 2.20. The molecule has 0 saturated heterocycles. The second-order valence-electron chi connectivity index (χ2n) is 3.97. The molecule has 3 nitrogen and oxygen atoms in total. The van der Waals surface area contributed by atoms with Gasteiger partial charge in [0.15, 0.2) is 11.6 Å². The van der Waals surface area contributed by atoms with E-state index in [4.69, 9.17) is 23.2 Å². The van der Waals surface area contributed by atoms with E-state index in [9.17, 15) is 13.6 Å². The van der Waals surface area contributed by atoms with Crippen LogP contribution < -0.4 is 5.43 Å². The number of hydrazone groups is 1. The molecule has 0 unspecified atom stereocenters. The Morgan fingerprint density at radius 3 is 2.67 bits per heavy atom. The molecule has 0 spiro atoms. The summed E-state index contributed by atoms with van der Waals surface area (Å²) < 4.78 is 26.3. The van der Waals surface area contributed by atoms with Crippen LogP contribution in [0.25, 0.3) is 0 Å². The van der Waals surface area contributed by atoms with E-state index in [1.54, 1.807) is 0 Å². The number of carbonyl (C=O) groups excluding carboxylic acids is 1. The van der Waals surface area contributed by atoms with Crippen LogP contribution in [-0.2, 0) is 0 Å². The topological polar surface area (TPSA) is 41.5 Å². The molecule has 108 valence electrons. The zero-order valence-corrected chi connectivity index (χ0v) is 11.9. The summed E-state index contributed by atoms with van der Waals surface area (Å²) in [6, 6.07) is 7.98. The molecule has 1 N–H and O–H groups in total. The van der Waals surface area contributed by atoms with Crippen molar-refractivity contribution in [3.63, 3.8) is 0 Å². The van der Waals surface area contributed by atoms with Gasteiger partial charge in [-0.15, -0.1) is 0 Å². The fourth-order valence-electron chi connectivity index (χ4n) is 1.51. The molecule has 0 heterocycles. The van der Waals surface area contributed by atoms with E-state index in [1.807, 2.05) is 0 Å². The number of nitrogens with zero attached hydrogens (tertiary/aromatic N) is 1. The average Bonchev–Trinajstić information content (AvgIpc) is 2.43. The molecule has 0 radical (unpaired) electrons. The highest BCUT2D eigenvalue weighted by molar-refractivity contribution is 6.36. The first-order chi connectivity index (χ1) is 9.99. The lowest BCUT2D eigenvalue weighted by Crippen LogP contribution is -2.18. The van der Waals surface area contributed by atoms with Crippen LogP contribution in [0, 0.1) is 11.6 Å². The van der Waals surface area contributed by atoms with Gasteiger partial charge in [-0.2, -0.15) is 5.10 Å². The number of hydrogen-bond acceptors (Lipinski definition) is 2. The first-order valence-corrected chi connectivity index (χ1v) is 6.47. The molecule has 0 bridgehead atoms. The Morgan fingerprint density at radius 2 is 1.95 bits per heavy atom. The molecule has 2 aromatic rings. The maximum atomic E-state index is 13.3. The Morgan fingerprint density at radius 1 is 1.19 bits per heavy atom. The van der Waals surface area contributed by atoms with Gasteiger partial charge in [0.05, 0.1) is 16.8 Å². The Labute approximate surface area is 129 Å². The van der Waals surface area contributed by atoms with Crippen molar-refractivity contribution in [3.05, 3.63) is 69.2 Å². The van der Waals surface area contributed by atoms with Gasteiger partial charge in [0.25, 0.3) is 5.91 Å². The highest BCUT2D eigenvalue weighted by Gasteiger charge is 2.10. The number of carbonyl (C=O) groups is 1. The molecule has 21 heavy (non-hydrogen) atoms. The lowest BCUT2D eigenvalue weighted by atomic mass is 10.2. The van der Waals surface area contributed by atoms with Crippen molar-refractivity contribution >= 4 is 35.3 Å². The molecule has 0 aliphatic rings. The van der Waals surface area contributed by atoms with E-state index in [0.717, 1.165) is 12.3 Å². The standard InChI is InChI=1S/C14H8Cl2F2N2O/c15-9-4-5-10(11(16)6-9)14(21)20-19-7-8-2-1-3-12(17)13(8)18/h1-7H,(H,20,21). The van der Waals surface area contributed by atoms with Crippen molar-refractivity contribution in [2.45, 2.75) is 0 Å². The van der Waals surface area contributed by atoms with Crippen molar-refractivity contribution in [2.24, 2.45) is 5.10 Å². The van der Waals surface area contributed by atoms with Crippen LogP contribution in [0.3, 0.4) is 0 Å². The summed E-state index contributed by atoms with van der Waals surface area (Å²) in [7, 11) is 0. The normalized spacial score (nSPS) is 10.9. The SMILES string of the molecule is O=C(NN=Cc1cccc(F)c1F)c1ccc(Cl)cc1Cl. The zero-order valence-electron chi connectivity index (χ0n) is 10.4. The quantitative estimate of drug-likeness (QED) is 0.670. The molecule has 1 amide bonds. The molecule has 2 aromatic carbocycles. The van der Waals surface area contributed by atoms with Gasteiger partial charge in [-0.05, 0) is 24.3 Å². The van der Waals surface area contributed by atoms with Crippen LogP contribution in [0.2, 0.25) is 10.0 Å². The van der Waals surface area contributed by atoms with Crippen LogP contribution >= 0.6 is 23.2 Å². The predicted octanol–water partition coefficient (Wildman–Crippen LogP) is 4.04. The Hall–Kier alpha value is -1.98. The predicted molar refractivity (Wildman–Crippen MR) is 77.9 cm³/mol. The van der Waals surface area contributed by atoms with E-state index < -0.39 is 17.5 Å². The van der Waals surface area contributed by atoms with Crippen molar-refractivity contribution < 1.29 is 13.6 Å². The lowest BCUT2D eigenvalue weighted by molar-refractivity contribution is 0.0955. The third kappa shape index (κ3) is 3.77. The fraction of sp³-hybridized carbons (Fsp3) is 0. The summed E-state index contributed by atoms with van der Waals surface area (Å²) in [4.78, 5) is 11.8. The summed E-state index contributed by atoms with van der Waals surface area (Å²) in [5.41, 5.74) is 2.25. The second-order valence-corrected chi connectivity index (χ2v) is 4.81. The first kappa shape index (κ1) is 15.4. The molecule has 0 aliphatic heterocycles. The van der Waals surface area contributed by atoms with Crippen molar-refractivity contribution in [2.75, 3.05) is 0 Å². The van der Waals surface area contributed by atoms with Crippen molar-refractivity contribution in [3.8, 4) is 0 Å². The van der Waals surface area contributed by atoms with Crippen LogP contribution in [0.1, 0.15) is 15.9 Å². The largest absolute Gasteiger partial charge is 0.272 e. The molecule has 0 aliphatic carbocycles. The second kappa shape index (κ2) is 6.65. The summed E-state index contributed by atoms with van der Waals surface area (Å²) in [6.45, 7) is 0. The smallest absolute Gasteiger partial charge is 0.267 e. The minimum atomic E-state index is -1.04. The first-order valence-electron chi connectivity index (χ1n) is 5.71. The van der Waals surface area contributed by atoms with E-state index in [2.05, 4.69) is 10.5 Å². The maximum absolute atomic E-state index is 13.3. The molecular weight excluding hydrogens is 321 g/mol. The summed E-state index contributed by atoms with van der Waals surface area (Å²) in [5, 5.41) is 4.11. The summed E-state index contributed by atoms with van der Waals surface area (Å²) in [6.07, 6.45) is 1.00. The minimum absolute atomic E-state index is 0.0856. The van der Waals surface area contributed by atoms with Gasteiger partial charge in [-0.1, -0.05) is 35.3 Å². The van der Waals surface area contributed by atoms with Gasteiger partial charge in [-0.3, -0.25) is 4.79 Å². The monoisotopic (exact) mass is 328 g/mol. The molecule has 0 aromatic heterocycles. The van der Waals surface area contributed by atoms with Crippen molar-refractivity contribution in [1.82, 2.24) is 5.43 Å². The average molecular weight is 329 g/mol. The van der Waals surface area contributed by atoms with Gasteiger partial charge >= 0.3 is 0 Å². The minimum Gasteiger partial charge on any atom is -0.267 e. The van der Waals surface area contributed by atoms with Gasteiger partial charge in [0.1, 0.15) is 0 Å². The van der Waals surface area contributed by atoms with Gasteiger partial charge < -0.3 is 0 Å². The van der Waals surface area contributed by atoms with Gasteiger partial charge in [0, 0.05) is 10.6 Å². The highest BCUT2D eigenvalue weighted by atomic mass is 35.5.